The lowest BCUT2D eigenvalue weighted by Crippen LogP contribution is -2.18. The smallest absolute Gasteiger partial charge is 0.174 e. The monoisotopic (exact) mass is 385 g/mol. The number of halogens is 2. The van der Waals surface area contributed by atoms with Crippen LogP contribution in [0.1, 0.15) is 24.1 Å². The summed E-state index contributed by atoms with van der Waals surface area (Å²) in [6.07, 6.45) is 0. The Bertz CT molecular complexity index is 593. The fourth-order valence-electron chi connectivity index (χ4n) is 2.20. The Hall–Kier alpha value is -1.23. The summed E-state index contributed by atoms with van der Waals surface area (Å²) in [7, 11) is 3.28. The molecule has 0 saturated heterocycles. The van der Waals surface area contributed by atoms with E-state index < -0.39 is 0 Å². The van der Waals surface area contributed by atoms with Gasteiger partial charge < -0.3 is 14.8 Å². The third kappa shape index (κ3) is 4.63. The average Bonchev–Trinajstić information content (AvgIpc) is 2.52. The quantitative estimate of drug-likeness (QED) is 0.778. The molecule has 2 aromatic rings. The highest BCUT2D eigenvalue weighted by Gasteiger charge is 2.11. The lowest BCUT2D eigenvalue weighted by atomic mass is 10.1. The first-order chi connectivity index (χ1) is 10.2. The van der Waals surface area contributed by atoms with Gasteiger partial charge in [0.25, 0.3) is 0 Å². The van der Waals surface area contributed by atoms with Crippen LogP contribution in [0, 0.1) is 0 Å². The predicted molar refractivity (Wildman–Crippen MR) is 96.2 cm³/mol. The van der Waals surface area contributed by atoms with Gasteiger partial charge in [-0.3, -0.25) is 0 Å². The largest absolute Gasteiger partial charge is 0.493 e. The van der Waals surface area contributed by atoms with Crippen molar-refractivity contribution in [3.8, 4) is 11.5 Å². The molecule has 0 aromatic heterocycles. The second kappa shape index (κ2) is 9.03. The van der Waals surface area contributed by atoms with E-state index in [-0.39, 0.29) is 18.4 Å². The van der Waals surface area contributed by atoms with Gasteiger partial charge in [-0.2, -0.15) is 0 Å². The van der Waals surface area contributed by atoms with Crippen LogP contribution in [0.15, 0.2) is 46.9 Å². The molecule has 0 spiro atoms. The van der Waals surface area contributed by atoms with Crippen molar-refractivity contribution in [3.05, 3.63) is 58.1 Å². The van der Waals surface area contributed by atoms with Crippen LogP contribution in [0.5, 0.6) is 11.5 Å². The van der Waals surface area contributed by atoms with Crippen LogP contribution in [-0.4, -0.2) is 14.2 Å². The molecule has 120 valence electrons. The number of ether oxygens (including phenoxy) is 2. The van der Waals surface area contributed by atoms with Crippen LogP contribution in [0.25, 0.3) is 0 Å². The second-order valence-corrected chi connectivity index (χ2v) is 5.68. The zero-order valence-corrected chi connectivity index (χ0v) is 15.3. The minimum absolute atomic E-state index is 0. The molecule has 0 aliphatic carbocycles. The first-order valence-electron chi connectivity index (χ1n) is 6.84. The maximum atomic E-state index is 5.37. The first kappa shape index (κ1) is 18.8. The van der Waals surface area contributed by atoms with Crippen LogP contribution in [-0.2, 0) is 6.54 Å². The van der Waals surface area contributed by atoms with E-state index in [1.165, 1.54) is 5.56 Å². The van der Waals surface area contributed by atoms with Crippen molar-refractivity contribution >= 4 is 28.3 Å². The van der Waals surface area contributed by atoms with Gasteiger partial charge in [-0.05, 0) is 46.1 Å². The van der Waals surface area contributed by atoms with E-state index in [9.17, 15) is 0 Å². The molecule has 1 atom stereocenters. The number of benzene rings is 2. The first-order valence-corrected chi connectivity index (χ1v) is 7.63. The summed E-state index contributed by atoms with van der Waals surface area (Å²) in [5, 5.41) is 3.51. The second-order valence-electron chi connectivity index (χ2n) is 4.83. The third-order valence-electron chi connectivity index (χ3n) is 3.41. The molecule has 0 amide bonds. The fraction of sp³-hybridized carbons (Fsp3) is 0.294. The Kier molecular flexibility index (Phi) is 7.73. The highest BCUT2D eigenvalue weighted by molar-refractivity contribution is 9.10. The Balaban J connectivity index is 0.00000242. The van der Waals surface area contributed by atoms with Gasteiger partial charge in [0.15, 0.2) is 11.5 Å². The van der Waals surface area contributed by atoms with Gasteiger partial charge in [0.1, 0.15) is 0 Å². The van der Waals surface area contributed by atoms with Gasteiger partial charge in [0, 0.05) is 12.6 Å². The highest BCUT2D eigenvalue weighted by Crippen LogP contribution is 2.36. The summed E-state index contributed by atoms with van der Waals surface area (Å²) in [4.78, 5) is 0. The zero-order chi connectivity index (χ0) is 15.2. The minimum atomic E-state index is 0. The van der Waals surface area contributed by atoms with Crippen LogP contribution >= 0.6 is 28.3 Å². The molecule has 0 aliphatic rings. The van der Waals surface area contributed by atoms with Crippen molar-refractivity contribution in [3.63, 3.8) is 0 Å². The molecule has 0 heterocycles. The fourth-order valence-corrected chi connectivity index (χ4v) is 2.86. The van der Waals surface area contributed by atoms with E-state index in [0.29, 0.717) is 0 Å². The molecule has 0 fully saturated rings. The highest BCUT2D eigenvalue weighted by atomic mass is 79.9. The predicted octanol–water partition coefficient (Wildman–Crippen LogP) is 4.74. The number of hydrogen-bond acceptors (Lipinski definition) is 3. The number of methoxy groups -OCH3 is 2. The van der Waals surface area contributed by atoms with Crippen molar-refractivity contribution in [2.24, 2.45) is 0 Å². The summed E-state index contributed by atoms with van der Waals surface area (Å²) in [6, 6.07) is 14.7. The number of rotatable bonds is 6. The van der Waals surface area contributed by atoms with Crippen LogP contribution < -0.4 is 14.8 Å². The molecule has 1 unspecified atom stereocenters. The van der Waals surface area contributed by atoms with E-state index in [0.717, 1.165) is 28.1 Å². The lowest BCUT2D eigenvalue weighted by molar-refractivity contribution is 0.352. The standard InChI is InChI=1S/C17H20BrNO2.ClH/c1-12(14-7-5-4-6-8-14)19-11-13-9-15(18)17(21-3)16(10-13)20-2;/h4-10,12,19H,11H2,1-3H3;1H. The minimum Gasteiger partial charge on any atom is -0.493 e. The maximum absolute atomic E-state index is 5.37. The van der Waals surface area contributed by atoms with E-state index in [1.54, 1.807) is 14.2 Å². The topological polar surface area (TPSA) is 30.5 Å². The molecular weight excluding hydrogens is 366 g/mol. The lowest BCUT2D eigenvalue weighted by Gasteiger charge is -2.16. The van der Waals surface area contributed by atoms with Crippen LogP contribution in [0.4, 0.5) is 0 Å². The maximum Gasteiger partial charge on any atom is 0.174 e. The Morgan fingerprint density at radius 1 is 1.09 bits per heavy atom. The molecule has 0 bridgehead atoms. The van der Waals surface area contributed by atoms with Gasteiger partial charge in [-0.25, -0.2) is 0 Å². The molecule has 1 N–H and O–H groups in total. The van der Waals surface area contributed by atoms with E-state index in [2.05, 4.69) is 52.4 Å². The molecule has 0 aliphatic heterocycles. The van der Waals surface area contributed by atoms with Crippen molar-refractivity contribution < 1.29 is 9.47 Å². The molecule has 3 nitrogen and oxygen atoms in total. The molecule has 2 aromatic carbocycles. The van der Waals surface area contributed by atoms with Crippen LogP contribution in [0.2, 0.25) is 0 Å². The Labute approximate surface area is 146 Å². The molecule has 0 radical (unpaired) electrons. The summed E-state index contributed by atoms with van der Waals surface area (Å²) >= 11 is 3.52. The van der Waals surface area contributed by atoms with E-state index in [4.69, 9.17) is 9.47 Å². The zero-order valence-electron chi connectivity index (χ0n) is 12.9. The van der Waals surface area contributed by atoms with Crippen molar-refractivity contribution in [1.29, 1.82) is 0 Å². The molecular formula is C17H21BrClNO2. The normalized spacial score (nSPS) is 11.5. The van der Waals surface area contributed by atoms with E-state index >= 15 is 0 Å². The van der Waals surface area contributed by atoms with Crippen molar-refractivity contribution in [2.75, 3.05) is 14.2 Å². The van der Waals surface area contributed by atoms with Crippen LogP contribution in [0.3, 0.4) is 0 Å². The summed E-state index contributed by atoms with van der Waals surface area (Å²) in [5.41, 5.74) is 2.42. The number of hydrogen-bond donors (Lipinski definition) is 1. The van der Waals surface area contributed by atoms with Crippen molar-refractivity contribution in [2.45, 2.75) is 19.5 Å². The van der Waals surface area contributed by atoms with E-state index in [1.807, 2.05) is 18.2 Å². The van der Waals surface area contributed by atoms with Gasteiger partial charge in [-0.15, -0.1) is 12.4 Å². The van der Waals surface area contributed by atoms with Gasteiger partial charge in [-0.1, -0.05) is 30.3 Å². The summed E-state index contributed by atoms with van der Waals surface area (Å²) in [6.45, 7) is 2.92. The summed E-state index contributed by atoms with van der Waals surface area (Å²) in [5.74, 6) is 1.45. The average molecular weight is 387 g/mol. The third-order valence-corrected chi connectivity index (χ3v) is 3.99. The molecule has 0 saturated carbocycles. The molecule has 2 rings (SSSR count). The van der Waals surface area contributed by atoms with Gasteiger partial charge in [0.2, 0.25) is 0 Å². The summed E-state index contributed by atoms with van der Waals surface area (Å²) < 4.78 is 11.6. The number of nitrogens with one attached hydrogen (secondary N) is 1. The Morgan fingerprint density at radius 2 is 1.77 bits per heavy atom. The Morgan fingerprint density at radius 3 is 2.36 bits per heavy atom. The van der Waals surface area contributed by atoms with Crippen molar-refractivity contribution in [1.82, 2.24) is 5.32 Å². The van der Waals surface area contributed by atoms with Gasteiger partial charge in [0.05, 0.1) is 18.7 Å². The van der Waals surface area contributed by atoms with Gasteiger partial charge >= 0.3 is 0 Å². The SMILES string of the molecule is COc1cc(CNC(C)c2ccccc2)cc(Br)c1OC.Cl. The molecule has 5 heteroatoms. The molecule has 22 heavy (non-hydrogen) atoms.